The quantitative estimate of drug-likeness (QED) is 0.739. The van der Waals surface area contributed by atoms with E-state index in [0.29, 0.717) is 5.76 Å². The minimum absolute atomic E-state index is 0.0711. The maximum absolute atomic E-state index is 12.0. The first kappa shape index (κ1) is 11.5. The lowest BCUT2D eigenvalue weighted by Crippen LogP contribution is -2.12. The summed E-state index contributed by atoms with van der Waals surface area (Å²) in [6, 6.07) is 7.69. The zero-order valence-electron chi connectivity index (χ0n) is 10.7. The summed E-state index contributed by atoms with van der Waals surface area (Å²) in [5.41, 5.74) is 2.77. The number of amides is 1. The molecule has 0 spiro atoms. The van der Waals surface area contributed by atoms with E-state index in [2.05, 4.69) is 15.3 Å². The fourth-order valence-corrected chi connectivity index (χ4v) is 2.04. The van der Waals surface area contributed by atoms with Gasteiger partial charge in [0.25, 0.3) is 5.89 Å². The zero-order valence-corrected chi connectivity index (χ0v) is 10.7. The number of rotatable bonds is 2. The first-order valence-corrected chi connectivity index (χ1v) is 5.95. The number of anilines is 1. The molecule has 0 bridgehead atoms. The zero-order chi connectivity index (χ0) is 13.4. The van der Waals surface area contributed by atoms with Gasteiger partial charge in [0.2, 0.25) is 0 Å². The average molecular weight is 255 g/mol. The van der Waals surface area contributed by atoms with Crippen LogP contribution < -0.4 is 5.32 Å². The second kappa shape index (κ2) is 4.28. The number of oxazole rings is 1. The third kappa shape index (κ3) is 2.10. The molecule has 96 valence electrons. The molecule has 1 amide bonds. The van der Waals surface area contributed by atoms with E-state index in [1.807, 2.05) is 31.2 Å². The van der Waals surface area contributed by atoms with Gasteiger partial charge in [0.1, 0.15) is 5.76 Å². The summed E-state index contributed by atoms with van der Waals surface area (Å²) in [4.78, 5) is 19.1. The van der Waals surface area contributed by atoms with E-state index in [0.717, 1.165) is 22.3 Å². The molecule has 1 aromatic carbocycles. The molecule has 5 nitrogen and oxygen atoms in total. The number of nitrogens with one attached hydrogen (secondary N) is 2. The Labute approximate surface area is 109 Å². The minimum Gasteiger partial charge on any atom is -0.438 e. The molecule has 0 saturated heterocycles. The van der Waals surface area contributed by atoms with E-state index in [4.69, 9.17) is 4.42 Å². The third-order valence-electron chi connectivity index (χ3n) is 2.86. The number of benzene rings is 1. The topological polar surface area (TPSA) is 70.9 Å². The van der Waals surface area contributed by atoms with Gasteiger partial charge in [0, 0.05) is 16.6 Å². The van der Waals surface area contributed by atoms with Crippen molar-refractivity contribution in [1.29, 1.82) is 0 Å². The highest BCUT2D eigenvalue weighted by molar-refractivity contribution is 6.06. The molecule has 2 heterocycles. The van der Waals surface area contributed by atoms with Gasteiger partial charge in [-0.05, 0) is 32.0 Å². The molecule has 0 saturated carbocycles. The molecule has 0 aliphatic rings. The van der Waals surface area contributed by atoms with Crippen molar-refractivity contribution in [3.8, 4) is 0 Å². The van der Waals surface area contributed by atoms with Crippen molar-refractivity contribution in [2.75, 3.05) is 5.32 Å². The Morgan fingerprint density at radius 1 is 1.37 bits per heavy atom. The van der Waals surface area contributed by atoms with Gasteiger partial charge in [-0.3, -0.25) is 4.79 Å². The number of aryl methyl sites for hydroxylation is 2. The largest absolute Gasteiger partial charge is 0.438 e. The molecule has 3 rings (SSSR count). The van der Waals surface area contributed by atoms with E-state index in [1.165, 1.54) is 6.20 Å². The number of carbonyl (C=O) groups is 1. The first-order chi connectivity index (χ1) is 9.13. The summed E-state index contributed by atoms with van der Waals surface area (Å²) in [5, 5.41) is 3.78. The normalized spacial score (nSPS) is 10.8. The third-order valence-corrected chi connectivity index (χ3v) is 2.86. The van der Waals surface area contributed by atoms with Crippen LogP contribution in [0.4, 0.5) is 5.69 Å². The second-order valence-electron chi connectivity index (χ2n) is 4.45. The Morgan fingerprint density at radius 3 is 2.95 bits per heavy atom. The maximum Gasteiger partial charge on any atom is 0.311 e. The SMILES string of the molecule is Cc1cc2c(NC(=O)c3ncc(C)o3)cccc2[nH]1. The lowest BCUT2D eigenvalue weighted by atomic mass is 10.2. The minimum atomic E-state index is -0.348. The number of carbonyl (C=O) groups excluding carboxylic acids is 1. The lowest BCUT2D eigenvalue weighted by molar-refractivity contribution is 0.0989. The predicted octanol–water partition coefficient (Wildman–Crippen LogP) is 3.03. The molecular weight excluding hydrogens is 242 g/mol. The van der Waals surface area contributed by atoms with Crippen LogP contribution in [-0.2, 0) is 0 Å². The van der Waals surface area contributed by atoms with Crippen LogP contribution in [0, 0.1) is 13.8 Å². The molecule has 0 radical (unpaired) electrons. The van der Waals surface area contributed by atoms with E-state index < -0.39 is 0 Å². The van der Waals surface area contributed by atoms with Crippen molar-refractivity contribution in [2.24, 2.45) is 0 Å². The molecule has 0 fully saturated rings. The van der Waals surface area contributed by atoms with E-state index in [-0.39, 0.29) is 11.8 Å². The molecular formula is C14H13N3O2. The van der Waals surface area contributed by atoms with Gasteiger partial charge in [-0.1, -0.05) is 6.07 Å². The number of aromatic nitrogens is 2. The lowest BCUT2D eigenvalue weighted by Gasteiger charge is -2.03. The van der Waals surface area contributed by atoms with Crippen molar-refractivity contribution >= 4 is 22.5 Å². The van der Waals surface area contributed by atoms with E-state index >= 15 is 0 Å². The average Bonchev–Trinajstić information content (AvgIpc) is 2.95. The highest BCUT2D eigenvalue weighted by Gasteiger charge is 2.13. The van der Waals surface area contributed by atoms with E-state index in [9.17, 15) is 4.79 Å². The highest BCUT2D eigenvalue weighted by atomic mass is 16.4. The van der Waals surface area contributed by atoms with Crippen LogP contribution in [0.1, 0.15) is 22.1 Å². The number of hydrogen-bond donors (Lipinski definition) is 2. The fraction of sp³-hybridized carbons (Fsp3) is 0.143. The van der Waals surface area contributed by atoms with Gasteiger partial charge >= 0.3 is 5.91 Å². The smallest absolute Gasteiger partial charge is 0.311 e. The van der Waals surface area contributed by atoms with Crippen molar-refractivity contribution in [1.82, 2.24) is 9.97 Å². The molecule has 0 atom stereocenters. The van der Waals surface area contributed by atoms with Gasteiger partial charge in [-0.2, -0.15) is 0 Å². The second-order valence-corrected chi connectivity index (χ2v) is 4.45. The van der Waals surface area contributed by atoms with Gasteiger partial charge in [-0.25, -0.2) is 4.98 Å². The van der Waals surface area contributed by atoms with Crippen molar-refractivity contribution < 1.29 is 9.21 Å². The number of fused-ring (bicyclic) bond motifs is 1. The molecule has 3 aromatic rings. The molecule has 0 unspecified atom stereocenters. The van der Waals surface area contributed by atoms with Gasteiger partial charge in [0.15, 0.2) is 0 Å². The molecule has 0 aliphatic heterocycles. The Balaban J connectivity index is 1.95. The van der Waals surface area contributed by atoms with Crippen LogP contribution in [0.3, 0.4) is 0 Å². The van der Waals surface area contributed by atoms with Crippen LogP contribution >= 0.6 is 0 Å². The van der Waals surface area contributed by atoms with Crippen LogP contribution in [0.5, 0.6) is 0 Å². The van der Waals surface area contributed by atoms with Crippen molar-refractivity contribution in [3.05, 3.63) is 47.8 Å². The number of aromatic amines is 1. The van der Waals surface area contributed by atoms with Crippen molar-refractivity contribution in [3.63, 3.8) is 0 Å². The first-order valence-electron chi connectivity index (χ1n) is 5.95. The van der Waals surface area contributed by atoms with Crippen LogP contribution in [-0.4, -0.2) is 15.9 Å². The van der Waals surface area contributed by atoms with Crippen LogP contribution in [0.2, 0.25) is 0 Å². The summed E-state index contributed by atoms with van der Waals surface area (Å²) < 4.78 is 5.20. The summed E-state index contributed by atoms with van der Waals surface area (Å²) in [6.45, 7) is 3.73. The van der Waals surface area contributed by atoms with Gasteiger partial charge < -0.3 is 14.7 Å². The Morgan fingerprint density at radius 2 is 2.21 bits per heavy atom. The Hall–Kier alpha value is -2.56. The summed E-state index contributed by atoms with van der Waals surface area (Å²) in [5.74, 6) is 0.335. The summed E-state index contributed by atoms with van der Waals surface area (Å²) >= 11 is 0. The Kier molecular flexibility index (Phi) is 2.59. The van der Waals surface area contributed by atoms with Crippen LogP contribution in [0.15, 0.2) is 34.9 Å². The van der Waals surface area contributed by atoms with Gasteiger partial charge in [0.05, 0.1) is 11.9 Å². The van der Waals surface area contributed by atoms with Crippen LogP contribution in [0.25, 0.3) is 10.9 Å². The number of hydrogen-bond acceptors (Lipinski definition) is 3. The van der Waals surface area contributed by atoms with E-state index in [1.54, 1.807) is 6.92 Å². The summed E-state index contributed by atoms with van der Waals surface area (Å²) in [7, 11) is 0. The molecule has 2 N–H and O–H groups in total. The Bertz CT molecular complexity index is 755. The maximum atomic E-state index is 12.0. The number of H-pyrrole nitrogens is 1. The highest BCUT2D eigenvalue weighted by Crippen LogP contribution is 2.24. The predicted molar refractivity (Wildman–Crippen MR) is 72.2 cm³/mol. The molecule has 19 heavy (non-hydrogen) atoms. The number of nitrogens with zero attached hydrogens (tertiary/aromatic N) is 1. The fourth-order valence-electron chi connectivity index (χ4n) is 2.04. The van der Waals surface area contributed by atoms with Crippen molar-refractivity contribution in [2.45, 2.75) is 13.8 Å². The van der Waals surface area contributed by atoms with Gasteiger partial charge in [-0.15, -0.1) is 0 Å². The molecule has 5 heteroatoms. The molecule has 2 aromatic heterocycles. The standard InChI is InChI=1S/C14H13N3O2/c1-8-6-10-11(16-8)4-3-5-12(10)17-13(18)14-15-7-9(2)19-14/h3-7,16H,1-2H3,(H,17,18). The monoisotopic (exact) mass is 255 g/mol. The summed E-state index contributed by atoms with van der Waals surface area (Å²) in [6.07, 6.45) is 1.52. The molecule has 0 aliphatic carbocycles.